The molecule has 1 fully saturated rings. The summed E-state index contributed by atoms with van der Waals surface area (Å²) in [5, 5.41) is 22.8. The van der Waals surface area contributed by atoms with E-state index in [0.29, 0.717) is 24.4 Å². The van der Waals surface area contributed by atoms with Gasteiger partial charge in [-0.15, -0.1) is 0 Å². The normalized spacial score (nSPS) is 18.4. The molecule has 1 aromatic rings. The lowest BCUT2D eigenvalue weighted by molar-refractivity contribution is -0.384. The van der Waals surface area contributed by atoms with Gasteiger partial charge in [0.15, 0.2) is 0 Å². The highest BCUT2D eigenvalue weighted by Crippen LogP contribution is 2.28. The Morgan fingerprint density at radius 2 is 2.38 bits per heavy atom. The first-order valence-electron chi connectivity index (χ1n) is 6.52. The molecule has 1 heterocycles. The number of benzene rings is 1. The molecule has 1 atom stereocenters. The lowest BCUT2D eigenvalue weighted by atomic mass is 10.1. The van der Waals surface area contributed by atoms with Crippen LogP contribution in [0.5, 0.6) is 0 Å². The van der Waals surface area contributed by atoms with Crippen molar-refractivity contribution in [2.24, 2.45) is 0 Å². The van der Waals surface area contributed by atoms with E-state index in [4.69, 9.17) is 4.74 Å². The number of nitro groups is 1. The number of morpholine rings is 1. The molecule has 1 unspecified atom stereocenters. The summed E-state index contributed by atoms with van der Waals surface area (Å²) in [6.07, 6.45) is 0. The van der Waals surface area contributed by atoms with Gasteiger partial charge in [0.2, 0.25) is 5.91 Å². The molecule has 0 spiro atoms. The number of nitro benzene ring substituents is 1. The monoisotopic (exact) mass is 295 g/mol. The van der Waals surface area contributed by atoms with E-state index >= 15 is 0 Å². The zero-order valence-corrected chi connectivity index (χ0v) is 11.6. The van der Waals surface area contributed by atoms with Crippen molar-refractivity contribution < 1.29 is 19.6 Å². The molecule has 0 aromatic heterocycles. The molecule has 1 aliphatic rings. The molecule has 1 aliphatic heterocycles. The van der Waals surface area contributed by atoms with Crippen molar-refractivity contribution in [1.29, 1.82) is 0 Å². The third-order valence-corrected chi connectivity index (χ3v) is 3.43. The highest BCUT2D eigenvalue weighted by molar-refractivity contribution is 5.85. The second kappa shape index (κ2) is 6.51. The summed E-state index contributed by atoms with van der Waals surface area (Å²) in [6.45, 7) is 0.828. The largest absolute Gasteiger partial charge is 0.392 e. The fourth-order valence-electron chi connectivity index (χ4n) is 2.37. The van der Waals surface area contributed by atoms with Gasteiger partial charge in [-0.3, -0.25) is 14.9 Å². The van der Waals surface area contributed by atoms with Gasteiger partial charge in [0.25, 0.3) is 5.69 Å². The Bertz CT molecular complexity index is 549. The van der Waals surface area contributed by atoms with Gasteiger partial charge in [-0.1, -0.05) is 0 Å². The van der Waals surface area contributed by atoms with E-state index in [-0.39, 0.29) is 24.8 Å². The van der Waals surface area contributed by atoms with Crippen LogP contribution in [0.25, 0.3) is 0 Å². The number of aliphatic hydroxyl groups excluding tert-OH is 1. The molecule has 8 heteroatoms. The minimum Gasteiger partial charge on any atom is -0.392 e. The zero-order chi connectivity index (χ0) is 15.4. The van der Waals surface area contributed by atoms with E-state index in [1.807, 2.05) is 0 Å². The Kier molecular flexibility index (Phi) is 4.71. The molecule has 114 valence electrons. The van der Waals surface area contributed by atoms with Gasteiger partial charge in [-0.25, -0.2) is 0 Å². The lowest BCUT2D eigenvalue weighted by Crippen LogP contribution is -2.53. The average Bonchev–Trinajstić information content (AvgIpc) is 2.53. The number of nitrogens with zero attached hydrogens (tertiary/aromatic N) is 2. The first kappa shape index (κ1) is 15.2. The first-order chi connectivity index (χ1) is 10.1. The minimum atomic E-state index is -0.518. The maximum atomic E-state index is 11.9. The predicted molar refractivity (Wildman–Crippen MR) is 75.0 cm³/mol. The number of ether oxygens (including phenoxy) is 1. The van der Waals surface area contributed by atoms with Crippen molar-refractivity contribution in [2.45, 2.75) is 12.6 Å². The summed E-state index contributed by atoms with van der Waals surface area (Å²) in [5.41, 5.74) is 0.938. The molecule has 2 N–H and O–H groups in total. The topological polar surface area (TPSA) is 105 Å². The molecular formula is C13H17N3O5. The Labute approximate surface area is 121 Å². The van der Waals surface area contributed by atoms with Crippen LogP contribution in [0, 0.1) is 10.1 Å². The number of carbonyl (C=O) groups excluding carboxylic acids is 1. The number of hydrogen-bond acceptors (Lipinski definition) is 6. The number of aliphatic hydroxyl groups is 1. The molecule has 0 bridgehead atoms. The molecule has 0 saturated carbocycles. The quantitative estimate of drug-likeness (QED) is 0.600. The number of anilines is 1. The molecule has 2 rings (SSSR count). The van der Waals surface area contributed by atoms with Crippen LogP contribution in [0.1, 0.15) is 5.56 Å². The van der Waals surface area contributed by atoms with Crippen molar-refractivity contribution in [3.8, 4) is 0 Å². The van der Waals surface area contributed by atoms with E-state index in [1.165, 1.54) is 19.2 Å². The standard InChI is InChI=1S/C13H17N3O5/c1-14-13(18)12-8-21-5-4-15(12)11-3-2-10(16(19)20)6-9(11)7-17/h2-3,6,12,17H,4-5,7-8H2,1H3,(H,14,18). The summed E-state index contributed by atoms with van der Waals surface area (Å²) < 4.78 is 5.32. The number of hydrogen-bond donors (Lipinski definition) is 2. The Morgan fingerprint density at radius 3 is 3.00 bits per heavy atom. The highest BCUT2D eigenvalue weighted by atomic mass is 16.6. The number of rotatable bonds is 4. The van der Waals surface area contributed by atoms with Gasteiger partial charge in [0.1, 0.15) is 6.04 Å². The number of carbonyl (C=O) groups is 1. The first-order valence-corrected chi connectivity index (χ1v) is 6.52. The van der Waals surface area contributed by atoms with E-state index in [0.717, 1.165) is 0 Å². The minimum absolute atomic E-state index is 0.0902. The summed E-state index contributed by atoms with van der Waals surface area (Å²) in [6, 6.07) is 3.73. The van der Waals surface area contributed by atoms with Crippen LogP contribution in [-0.4, -0.2) is 48.8 Å². The summed E-state index contributed by atoms with van der Waals surface area (Å²) in [5.74, 6) is -0.197. The Hall–Kier alpha value is -2.19. The number of amides is 1. The fourth-order valence-corrected chi connectivity index (χ4v) is 2.37. The van der Waals surface area contributed by atoms with Crippen molar-refractivity contribution in [2.75, 3.05) is 31.7 Å². The summed E-state index contributed by atoms with van der Waals surface area (Å²) in [7, 11) is 1.54. The van der Waals surface area contributed by atoms with Crippen LogP contribution >= 0.6 is 0 Å². The van der Waals surface area contributed by atoms with E-state index < -0.39 is 11.0 Å². The molecule has 0 radical (unpaired) electrons. The third kappa shape index (κ3) is 3.11. The number of non-ortho nitro benzene ring substituents is 1. The van der Waals surface area contributed by atoms with Crippen LogP contribution in [0.15, 0.2) is 18.2 Å². The van der Waals surface area contributed by atoms with Gasteiger partial charge in [0, 0.05) is 37.0 Å². The van der Waals surface area contributed by atoms with Crippen LogP contribution in [0.3, 0.4) is 0 Å². The number of likely N-dealkylation sites (N-methyl/N-ethyl adjacent to an activating group) is 1. The summed E-state index contributed by atoms with van der Waals surface area (Å²) >= 11 is 0. The van der Waals surface area contributed by atoms with Gasteiger partial charge < -0.3 is 20.1 Å². The van der Waals surface area contributed by atoms with E-state index in [2.05, 4.69) is 5.32 Å². The van der Waals surface area contributed by atoms with Crippen LogP contribution < -0.4 is 10.2 Å². The molecule has 21 heavy (non-hydrogen) atoms. The second-order valence-corrected chi connectivity index (χ2v) is 4.63. The third-order valence-electron chi connectivity index (χ3n) is 3.43. The smallest absolute Gasteiger partial charge is 0.269 e. The van der Waals surface area contributed by atoms with Crippen molar-refractivity contribution >= 4 is 17.3 Å². The van der Waals surface area contributed by atoms with Crippen LogP contribution in [-0.2, 0) is 16.1 Å². The Morgan fingerprint density at radius 1 is 1.62 bits per heavy atom. The maximum Gasteiger partial charge on any atom is 0.269 e. The van der Waals surface area contributed by atoms with Crippen LogP contribution in [0.2, 0.25) is 0 Å². The fraction of sp³-hybridized carbons (Fsp3) is 0.462. The van der Waals surface area contributed by atoms with Crippen LogP contribution in [0.4, 0.5) is 11.4 Å². The lowest BCUT2D eigenvalue weighted by Gasteiger charge is -2.37. The van der Waals surface area contributed by atoms with E-state index in [1.54, 1.807) is 11.0 Å². The average molecular weight is 295 g/mol. The van der Waals surface area contributed by atoms with Crippen molar-refractivity contribution in [3.63, 3.8) is 0 Å². The zero-order valence-electron chi connectivity index (χ0n) is 11.6. The number of nitrogens with one attached hydrogen (secondary N) is 1. The molecule has 1 aromatic carbocycles. The molecule has 1 amide bonds. The predicted octanol–water partition coefficient (Wildman–Crippen LogP) is 0.0383. The SMILES string of the molecule is CNC(=O)C1COCCN1c1ccc([N+](=O)[O-])cc1CO. The summed E-state index contributed by atoms with van der Waals surface area (Å²) in [4.78, 5) is 24.0. The molecule has 1 saturated heterocycles. The van der Waals surface area contributed by atoms with Gasteiger partial charge >= 0.3 is 0 Å². The van der Waals surface area contributed by atoms with E-state index in [9.17, 15) is 20.0 Å². The van der Waals surface area contributed by atoms with Crippen molar-refractivity contribution in [3.05, 3.63) is 33.9 Å². The van der Waals surface area contributed by atoms with Gasteiger partial charge in [0.05, 0.1) is 24.7 Å². The maximum absolute atomic E-state index is 11.9. The van der Waals surface area contributed by atoms with Gasteiger partial charge in [-0.2, -0.15) is 0 Å². The van der Waals surface area contributed by atoms with Gasteiger partial charge in [-0.05, 0) is 6.07 Å². The molecule has 0 aliphatic carbocycles. The highest BCUT2D eigenvalue weighted by Gasteiger charge is 2.30. The molecular weight excluding hydrogens is 278 g/mol. The van der Waals surface area contributed by atoms with Crippen molar-refractivity contribution in [1.82, 2.24) is 5.32 Å². The molecule has 8 nitrogen and oxygen atoms in total. The second-order valence-electron chi connectivity index (χ2n) is 4.63. The Balaban J connectivity index is 2.38.